The van der Waals surface area contributed by atoms with Crippen molar-refractivity contribution in [1.29, 1.82) is 0 Å². The number of nitrogens with one attached hydrogen (secondary N) is 1. The van der Waals surface area contributed by atoms with E-state index in [0.29, 0.717) is 12.2 Å². The predicted molar refractivity (Wildman–Crippen MR) is 86.8 cm³/mol. The van der Waals surface area contributed by atoms with Gasteiger partial charge < -0.3 is 5.32 Å². The number of nitro benzene ring substituents is 1. The number of nitrogens with zero attached hydrogens (tertiary/aromatic N) is 2. The summed E-state index contributed by atoms with van der Waals surface area (Å²) in [6, 6.07) is 9.52. The lowest BCUT2D eigenvalue weighted by atomic mass is 10.1. The minimum Gasteiger partial charge on any atom is -0.383 e. The number of hydrogen-bond acceptors (Lipinski definition) is 5. The van der Waals surface area contributed by atoms with E-state index in [-0.39, 0.29) is 10.6 Å². The van der Waals surface area contributed by atoms with E-state index in [2.05, 4.69) is 28.6 Å². The van der Waals surface area contributed by atoms with Gasteiger partial charge in [0.25, 0.3) is 5.69 Å². The molecule has 0 aliphatic heterocycles. The molecule has 1 heterocycles. The second kappa shape index (κ2) is 7.19. The van der Waals surface area contributed by atoms with E-state index in [9.17, 15) is 10.1 Å². The van der Waals surface area contributed by atoms with Crippen LogP contribution in [0.15, 0.2) is 35.7 Å². The Morgan fingerprint density at radius 3 is 2.71 bits per heavy atom. The van der Waals surface area contributed by atoms with Gasteiger partial charge in [0.1, 0.15) is 5.69 Å². The Morgan fingerprint density at radius 1 is 1.33 bits per heavy atom. The standard InChI is InChI=1S/C15H19N3O2S/c1-3-17(11-13-5-4-8-21-13)10-12-6-7-14(16-2)15(9-12)18(19)20/h4-9,16H,3,10-11H2,1-2H3. The van der Waals surface area contributed by atoms with Crippen molar-refractivity contribution in [2.45, 2.75) is 20.0 Å². The first kappa shape index (κ1) is 15.5. The summed E-state index contributed by atoms with van der Waals surface area (Å²) >= 11 is 1.73. The minimum atomic E-state index is -0.342. The molecule has 0 aliphatic carbocycles. The molecule has 1 N–H and O–H groups in total. The average molecular weight is 305 g/mol. The zero-order chi connectivity index (χ0) is 15.2. The molecule has 21 heavy (non-hydrogen) atoms. The largest absolute Gasteiger partial charge is 0.383 e. The fraction of sp³-hybridized carbons (Fsp3) is 0.333. The SMILES string of the molecule is CCN(Cc1ccc(NC)c([N+](=O)[O-])c1)Cc1cccs1. The highest BCUT2D eigenvalue weighted by Crippen LogP contribution is 2.26. The summed E-state index contributed by atoms with van der Waals surface area (Å²) in [5.41, 5.74) is 1.63. The molecule has 0 spiro atoms. The summed E-state index contributed by atoms with van der Waals surface area (Å²) in [7, 11) is 1.69. The molecule has 0 amide bonds. The Morgan fingerprint density at radius 2 is 2.14 bits per heavy atom. The molecule has 5 nitrogen and oxygen atoms in total. The quantitative estimate of drug-likeness (QED) is 0.625. The maximum atomic E-state index is 11.1. The summed E-state index contributed by atoms with van der Waals surface area (Å²) in [6.07, 6.45) is 0. The van der Waals surface area contributed by atoms with Crippen molar-refractivity contribution in [2.24, 2.45) is 0 Å². The lowest BCUT2D eigenvalue weighted by molar-refractivity contribution is -0.384. The van der Waals surface area contributed by atoms with Crippen molar-refractivity contribution in [3.8, 4) is 0 Å². The minimum absolute atomic E-state index is 0.127. The van der Waals surface area contributed by atoms with Gasteiger partial charge in [0, 0.05) is 31.1 Å². The highest BCUT2D eigenvalue weighted by molar-refractivity contribution is 7.09. The molecule has 0 atom stereocenters. The van der Waals surface area contributed by atoms with Crippen LogP contribution in [-0.2, 0) is 13.1 Å². The number of thiophene rings is 1. The molecule has 0 unspecified atom stereocenters. The Balaban J connectivity index is 2.13. The van der Waals surface area contributed by atoms with Crippen LogP contribution in [0.4, 0.5) is 11.4 Å². The topological polar surface area (TPSA) is 58.4 Å². The van der Waals surface area contributed by atoms with Gasteiger partial charge in [-0.05, 0) is 29.6 Å². The summed E-state index contributed by atoms with van der Waals surface area (Å²) in [5.74, 6) is 0. The molecular weight excluding hydrogens is 286 g/mol. The van der Waals surface area contributed by atoms with Gasteiger partial charge >= 0.3 is 0 Å². The van der Waals surface area contributed by atoms with Crippen LogP contribution in [0.3, 0.4) is 0 Å². The van der Waals surface area contributed by atoms with Crippen molar-refractivity contribution < 1.29 is 4.92 Å². The predicted octanol–water partition coefficient (Wildman–Crippen LogP) is 3.72. The molecule has 0 aliphatic rings. The Hall–Kier alpha value is -1.92. The van der Waals surface area contributed by atoms with E-state index in [0.717, 1.165) is 18.7 Å². The first-order valence-electron chi connectivity index (χ1n) is 6.83. The summed E-state index contributed by atoms with van der Waals surface area (Å²) in [5, 5.41) is 16.0. The third-order valence-electron chi connectivity index (χ3n) is 3.34. The molecule has 1 aromatic carbocycles. The second-order valence-electron chi connectivity index (χ2n) is 4.74. The van der Waals surface area contributed by atoms with Gasteiger partial charge in [0.2, 0.25) is 0 Å². The van der Waals surface area contributed by atoms with Crippen LogP contribution in [0.5, 0.6) is 0 Å². The van der Waals surface area contributed by atoms with Crippen LogP contribution >= 0.6 is 11.3 Å². The van der Waals surface area contributed by atoms with Crippen molar-refractivity contribution in [1.82, 2.24) is 4.90 Å². The van der Waals surface area contributed by atoms with Crippen LogP contribution in [0.2, 0.25) is 0 Å². The molecule has 0 fully saturated rings. The third-order valence-corrected chi connectivity index (χ3v) is 4.20. The monoisotopic (exact) mass is 305 g/mol. The highest BCUT2D eigenvalue weighted by atomic mass is 32.1. The maximum absolute atomic E-state index is 11.1. The summed E-state index contributed by atoms with van der Waals surface area (Å²) in [6.45, 7) is 4.58. The third kappa shape index (κ3) is 4.03. The van der Waals surface area contributed by atoms with E-state index in [1.165, 1.54) is 4.88 Å². The van der Waals surface area contributed by atoms with E-state index in [1.54, 1.807) is 30.5 Å². The van der Waals surface area contributed by atoms with Gasteiger partial charge in [-0.25, -0.2) is 0 Å². The lowest BCUT2D eigenvalue weighted by Crippen LogP contribution is -2.21. The van der Waals surface area contributed by atoms with Crippen LogP contribution in [-0.4, -0.2) is 23.4 Å². The Bertz CT molecular complexity index is 599. The lowest BCUT2D eigenvalue weighted by Gasteiger charge is -2.19. The van der Waals surface area contributed by atoms with Crippen molar-refractivity contribution in [2.75, 3.05) is 18.9 Å². The second-order valence-corrected chi connectivity index (χ2v) is 5.77. The smallest absolute Gasteiger partial charge is 0.292 e. The van der Waals surface area contributed by atoms with Crippen LogP contribution in [0.1, 0.15) is 17.4 Å². The van der Waals surface area contributed by atoms with Crippen molar-refractivity contribution >= 4 is 22.7 Å². The first-order valence-corrected chi connectivity index (χ1v) is 7.71. The first-order chi connectivity index (χ1) is 10.1. The molecule has 1 aromatic heterocycles. The van der Waals surface area contributed by atoms with E-state index >= 15 is 0 Å². The number of hydrogen-bond donors (Lipinski definition) is 1. The molecular formula is C15H19N3O2S. The maximum Gasteiger partial charge on any atom is 0.292 e. The fourth-order valence-electron chi connectivity index (χ4n) is 2.20. The van der Waals surface area contributed by atoms with Crippen LogP contribution in [0, 0.1) is 10.1 Å². The van der Waals surface area contributed by atoms with Crippen LogP contribution < -0.4 is 5.32 Å². The van der Waals surface area contributed by atoms with Crippen molar-refractivity contribution in [3.63, 3.8) is 0 Å². The molecule has 2 rings (SSSR count). The molecule has 0 saturated heterocycles. The van der Waals surface area contributed by atoms with Gasteiger partial charge in [-0.3, -0.25) is 15.0 Å². The van der Waals surface area contributed by atoms with Crippen molar-refractivity contribution in [3.05, 3.63) is 56.3 Å². The highest BCUT2D eigenvalue weighted by Gasteiger charge is 2.14. The normalized spacial score (nSPS) is 10.8. The molecule has 0 radical (unpaired) electrons. The fourth-order valence-corrected chi connectivity index (χ4v) is 2.94. The molecule has 0 saturated carbocycles. The van der Waals surface area contributed by atoms with E-state index in [1.807, 2.05) is 12.1 Å². The van der Waals surface area contributed by atoms with Gasteiger partial charge in [-0.1, -0.05) is 19.1 Å². The summed E-state index contributed by atoms with van der Waals surface area (Å²) in [4.78, 5) is 14.3. The van der Waals surface area contributed by atoms with Gasteiger partial charge in [-0.2, -0.15) is 0 Å². The van der Waals surface area contributed by atoms with Crippen LogP contribution in [0.25, 0.3) is 0 Å². The van der Waals surface area contributed by atoms with E-state index in [4.69, 9.17) is 0 Å². The molecule has 6 heteroatoms. The summed E-state index contributed by atoms with van der Waals surface area (Å²) < 4.78 is 0. The molecule has 0 bridgehead atoms. The average Bonchev–Trinajstić information content (AvgIpc) is 2.99. The Kier molecular flexibility index (Phi) is 5.30. The zero-order valence-electron chi connectivity index (χ0n) is 12.2. The molecule has 112 valence electrons. The number of nitro groups is 1. The van der Waals surface area contributed by atoms with Gasteiger partial charge in [-0.15, -0.1) is 11.3 Å². The van der Waals surface area contributed by atoms with Gasteiger partial charge in [0.15, 0.2) is 0 Å². The van der Waals surface area contributed by atoms with Gasteiger partial charge in [0.05, 0.1) is 4.92 Å². The zero-order valence-corrected chi connectivity index (χ0v) is 13.0. The van der Waals surface area contributed by atoms with E-state index < -0.39 is 0 Å². The Labute approximate surface area is 128 Å². The number of rotatable bonds is 7. The number of anilines is 1. The number of benzene rings is 1. The molecule has 2 aromatic rings.